The van der Waals surface area contributed by atoms with E-state index in [4.69, 9.17) is 5.73 Å². The third-order valence-electron chi connectivity index (χ3n) is 3.07. The maximum Gasteiger partial charge on any atom is 0.241 e. The quantitative estimate of drug-likeness (QED) is 0.816. The van der Waals surface area contributed by atoms with Crippen LogP contribution < -0.4 is 10.5 Å². The topological polar surface area (TPSA) is 103 Å². The summed E-state index contributed by atoms with van der Waals surface area (Å²) in [4.78, 5) is -0.186. The third kappa shape index (κ3) is 3.03. The number of halogens is 1. The first-order valence-electron chi connectivity index (χ1n) is 6.14. The van der Waals surface area contributed by atoms with E-state index in [0.717, 1.165) is 6.07 Å². The number of aryl methyl sites for hydroxylation is 1. The van der Waals surface area contributed by atoms with Gasteiger partial charge in [-0.25, -0.2) is 17.5 Å². The van der Waals surface area contributed by atoms with E-state index in [2.05, 4.69) is 14.9 Å². The summed E-state index contributed by atoms with van der Waals surface area (Å²) in [5, 5.41) is 7.53. The molecule has 21 heavy (non-hydrogen) atoms. The number of hydrogen-bond donors (Lipinski definition) is 2. The van der Waals surface area contributed by atoms with Crippen molar-refractivity contribution in [2.24, 2.45) is 7.05 Å². The molecular weight excluding hydrogens is 297 g/mol. The zero-order chi connectivity index (χ0) is 15.8. The third-order valence-corrected chi connectivity index (χ3v) is 4.74. The Bertz CT molecular complexity index is 772. The summed E-state index contributed by atoms with van der Waals surface area (Å²) >= 11 is 0. The first-order valence-corrected chi connectivity index (χ1v) is 7.62. The van der Waals surface area contributed by atoms with Gasteiger partial charge in [-0.3, -0.25) is 0 Å². The van der Waals surface area contributed by atoms with Crippen molar-refractivity contribution >= 4 is 15.7 Å². The van der Waals surface area contributed by atoms with Crippen molar-refractivity contribution in [2.75, 3.05) is 5.73 Å². The second kappa shape index (κ2) is 5.41. The molecule has 0 saturated heterocycles. The lowest BCUT2D eigenvalue weighted by molar-refractivity contribution is 0.549. The number of nitrogens with two attached hydrogens (primary N) is 1. The zero-order valence-electron chi connectivity index (χ0n) is 11.8. The first kappa shape index (κ1) is 15.4. The van der Waals surface area contributed by atoms with Crippen LogP contribution in [0.4, 0.5) is 10.1 Å². The Balaban J connectivity index is 2.38. The number of nitrogen functional groups attached to an aromatic ring is 1. The van der Waals surface area contributed by atoms with Crippen molar-refractivity contribution in [2.45, 2.75) is 24.8 Å². The van der Waals surface area contributed by atoms with Gasteiger partial charge in [0.2, 0.25) is 10.0 Å². The van der Waals surface area contributed by atoms with Gasteiger partial charge in [0, 0.05) is 18.3 Å². The van der Waals surface area contributed by atoms with E-state index in [1.807, 2.05) is 0 Å². The fraction of sp³-hybridized carbons (Fsp3) is 0.333. The van der Waals surface area contributed by atoms with Crippen molar-refractivity contribution in [3.63, 3.8) is 0 Å². The predicted molar refractivity (Wildman–Crippen MR) is 75.3 cm³/mol. The molecule has 3 N–H and O–H groups in total. The van der Waals surface area contributed by atoms with Gasteiger partial charge in [-0.2, -0.15) is 0 Å². The van der Waals surface area contributed by atoms with Crippen LogP contribution in [0.15, 0.2) is 23.4 Å². The maximum absolute atomic E-state index is 13.6. The molecule has 7 nitrogen and oxygen atoms in total. The van der Waals surface area contributed by atoms with E-state index < -0.39 is 21.9 Å². The molecule has 0 radical (unpaired) electrons. The highest BCUT2D eigenvalue weighted by Gasteiger charge is 2.24. The molecule has 0 aliphatic heterocycles. The molecule has 1 unspecified atom stereocenters. The van der Waals surface area contributed by atoms with Crippen molar-refractivity contribution < 1.29 is 12.8 Å². The van der Waals surface area contributed by atoms with Crippen LogP contribution >= 0.6 is 0 Å². The van der Waals surface area contributed by atoms with Crippen molar-refractivity contribution in [1.29, 1.82) is 0 Å². The fourth-order valence-corrected chi connectivity index (χ4v) is 3.48. The standard InChI is InChI=1S/C12H16FN5O2S/c1-7-10(13)4-9(14)5-11(7)21(19,20)17-8(2)12-16-15-6-18(12)3/h4-6,8,17H,14H2,1-3H3. The van der Waals surface area contributed by atoms with E-state index in [9.17, 15) is 12.8 Å². The van der Waals surface area contributed by atoms with Crippen LogP contribution in [0.25, 0.3) is 0 Å². The molecule has 0 spiro atoms. The lowest BCUT2D eigenvalue weighted by Crippen LogP contribution is -2.29. The highest BCUT2D eigenvalue weighted by atomic mass is 32.2. The van der Waals surface area contributed by atoms with Crippen molar-refractivity contribution in [3.8, 4) is 0 Å². The monoisotopic (exact) mass is 313 g/mol. The van der Waals surface area contributed by atoms with Crippen molar-refractivity contribution in [3.05, 3.63) is 35.7 Å². The summed E-state index contributed by atoms with van der Waals surface area (Å²) in [6, 6.07) is 1.69. The molecule has 0 bridgehead atoms. The van der Waals surface area contributed by atoms with Crippen molar-refractivity contribution in [1.82, 2.24) is 19.5 Å². The van der Waals surface area contributed by atoms with Crippen LogP contribution in [0.3, 0.4) is 0 Å². The van der Waals surface area contributed by atoms with Gasteiger partial charge in [-0.1, -0.05) is 0 Å². The van der Waals surface area contributed by atoms with Gasteiger partial charge in [0.25, 0.3) is 0 Å². The average Bonchev–Trinajstić information content (AvgIpc) is 2.79. The normalized spacial score (nSPS) is 13.3. The van der Waals surface area contributed by atoms with E-state index in [1.165, 1.54) is 19.3 Å². The molecule has 2 aromatic rings. The predicted octanol–water partition coefficient (Wildman–Crippen LogP) is 0.884. The molecule has 0 aliphatic rings. The minimum Gasteiger partial charge on any atom is -0.399 e. The second-order valence-electron chi connectivity index (χ2n) is 4.77. The molecule has 2 rings (SSSR count). The first-order chi connectivity index (χ1) is 9.72. The minimum absolute atomic E-state index is 0.0156. The van der Waals surface area contributed by atoms with Crippen LogP contribution in [-0.2, 0) is 17.1 Å². The molecule has 1 aromatic heterocycles. The van der Waals surface area contributed by atoms with Gasteiger partial charge < -0.3 is 10.3 Å². The number of anilines is 1. The number of benzene rings is 1. The number of aromatic nitrogens is 3. The van der Waals surface area contributed by atoms with Crippen LogP contribution in [0, 0.1) is 12.7 Å². The second-order valence-corrected chi connectivity index (χ2v) is 6.45. The molecule has 0 saturated carbocycles. The minimum atomic E-state index is -3.93. The lowest BCUT2D eigenvalue weighted by Gasteiger charge is -2.15. The van der Waals surface area contributed by atoms with Crippen LogP contribution in [0.2, 0.25) is 0 Å². The van der Waals surface area contributed by atoms with E-state index in [-0.39, 0.29) is 16.1 Å². The molecule has 9 heteroatoms. The van der Waals surface area contributed by atoms with Gasteiger partial charge in [0.1, 0.15) is 18.0 Å². The Morgan fingerprint density at radius 2 is 2.10 bits per heavy atom. The number of nitrogens with zero attached hydrogens (tertiary/aromatic N) is 3. The molecule has 1 heterocycles. The van der Waals surface area contributed by atoms with E-state index >= 15 is 0 Å². The maximum atomic E-state index is 13.6. The largest absolute Gasteiger partial charge is 0.399 e. The van der Waals surface area contributed by atoms with Gasteiger partial charge in [-0.05, 0) is 26.0 Å². The molecule has 0 fully saturated rings. The number of sulfonamides is 1. The molecular formula is C12H16FN5O2S. The van der Waals surface area contributed by atoms with E-state index in [1.54, 1.807) is 18.5 Å². The number of rotatable bonds is 4. The molecule has 1 aromatic carbocycles. The summed E-state index contributed by atoms with van der Waals surface area (Å²) in [5.74, 6) is -0.220. The van der Waals surface area contributed by atoms with E-state index in [0.29, 0.717) is 5.82 Å². The smallest absolute Gasteiger partial charge is 0.241 e. The van der Waals surface area contributed by atoms with Gasteiger partial charge >= 0.3 is 0 Å². The highest BCUT2D eigenvalue weighted by molar-refractivity contribution is 7.89. The lowest BCUT2D eigenvalue weighted by atomic mass is 10.2. The summed E-state index contributed by atoms with van der Waals surface area (Å²) in [6.07, 6.45) is 1.46. The number of hydrogen-bond acceptors (Lipinski definition) is 5. The zero-order valence-corrected chi connectivity index (χ0v) is 12.6. The van der Waals surface area contributed by atoms with Crippen LogP contribution in [0.1, 0.15) is 24.4 Å². The molecule has 0 aliphatic carbocycles. The molecule has 0 amide bonds. The molecule has 114 valence electrons. The van der Waals surface area contributed by atoms with Gasteiger partial charge in [0.15, 0.2) is 0 Å². The average molecular weight is 313 g/mol. The Labute approximate surface area is 122 Å². The summed E-state index contributed by atoms with van der Waals surface area (Å²) in [5.41, 5.74) is 5.58. The Kier molecular flexibility index (Phi) is 3.97. The van der Waals surface area contributed by atoms with Gasteiger partial charge in [0.05, 0.1) is 10.9 Å². The number of nitrogens with one attached hydrogen (secondary N) is 1. The fourth-order valence-electron chi connectivity index (χ4n) is 1.99. The van der Waals surface area contributed by atoms with Crippen LogP contribution in [-0.4, -0.2) is 23.2 Å². The Morgan fingerprint density at radius 3 is 2.67 bits per heavy atom. The Morgan fingerprint density at radius 1 is 1.43 bits per heavy atom. The van der Waals surface area contributed by atoms with Crippen LogP contribution in [0.5, 0.6) is 0 Å². The summed E-state index contributed by atoms with van der Waals surface area (Å²) in [7, 11) is -2.23. The molecule has 1 atom stereocenters. The Hall–Kier alpha value is -2.00. The van der Waals surface area contributed by atoms with Gasteiger partial charge in [-0.15, -0.1) is 10.2 Å². The summed E-state index contributed by atoms with van der Waals surface area (Å²) in [6.45, 7) is 3.01. The summed E-state index contributed by atoms with van der Waals surface area (Å²) < 4.78 is 42.4. The highest BCUT2D eigenvalue weighted by Crippen LogP contribution is 2.23. The SMILES string of the molecule is Cc1c(F)cc(N)cc1S(=O)(=O)NC(C)c1nncn1C.